The fourth-order valence-corrected chi connectivity index (χ4v) is 4.39. The minimum Gasteiger partial charge on any atom is -0.317 e. The Balaban J connectivity index is 1.55. The van der Waals surface area contributed by atoms with Crippen molar-refractivity contribution in [2.75, 3.05) is 25.0 Å². The number of hydrogen-bond acceptors (Lipinski definition) is 5. The van der Waals surface area contributed by atoms with E-state index in [4.69, 9.17) is 15.1 Å². The van der Waals surface area contributed by atoms with Crippen LogP contribution in [0.15, 0.2) is 54.6 Å². The molecule has 6 nitrogen and oxygen atoms in total. The lowest BCUT2D eigenvalue weighted by Gasteiger charge is -2.23. The number of nitrogens with one attached hydrogen (secondary N) is 1. The van der Waals surface area contributed by atoms with Gasteiger partial charge in [0.2, 0.25) is 0 Å². The Morgan fingerprint density at radius 1 is 1.03 bits per heavy atom. The number of nitrogens with zero attached hydrogens (tertiary/aromatic N) is 5. The topological polar surface area (TPSA) is 58.4 Å². The molecule has 1 N–H and O–H groups in total. The SMILES string of the molecule is CCc1nc2ccc(C3CCNCC3)nn2c1N(C)c1cccc(-c2ccc(F)cc2)n1. The summed E-state index contributed by atoms with van der Waals surface area (Å²) in [6.07, 6.45) is 2.99. The Kier molecular flexibility index (Phi) is 5.57. The molecule has 1 aromatic carbocycles. The number of pyridine rings is 1. The standard InChI is InChI=1S/C25H27FN6/c1-3-20-25(32-24(28-20)12-11-22(30-32)18-13-15-27-16-14-18)31(2)23-6-4-5-21(29-23)17-7-9-19(26)10-8-17/h4-12,18,27H,3,13-16H2,1-2H3. The molecule has 0 saturated carbocycles. The number of fused-ring (bicyclic) bond motifs is 1. The summed E-state index contributed by atoms with van der Waals surface area (Å²) in [6.45, 7) is 4.16. The molecule has 0 amide bonds. The maximum Gasteiger partial charge on any atom is 0.159 e. The molecule has 1 saturated heterocycles. The molecule has 164 valence electrons. The lowest BCUT2D eigenvalue weighted by atomic mass is 9.94. The number of benzene rings is 1. The molecule has 4 aromatic rings. The molecule has 0 atom stereocenters. The van der Waals surface area contributed by atoms with Gasteiger partial charge in [0, 0.05) is 18.5 Å². The second kappa shape index (κ2) is 8.67. The van der Waals surface area contributed by atoms with E-state index in [0.29, 0.717) is 5.92 Å². The quantitative estimate of drug-likeness (QED) is 0.496. The summed E-state index contributed by atoms with van der Waals surface area (Å²) in [4.78, 5) is 11.7. The molecule has 1 aliphatic rings. The Bertz CT molecular complexity index is 1230. The second-order valence-corrected chi connectivity index (χ2v) is 8.24. The van der Waals surface area contributed by atoms with Gasteiger partial charge in [-0.1, -0.05) is 13.0 Å². The molecule has 3 aromatic heterocycles. The number of anilines is 2. The van der Waals surface area contributed by atoms with Gasteiger partial charge >= 0.3 is 0 Å². The van der Waals surface area contributed by atoms with Crippen LogP contribution < -0.4 is 10.2 Å². The number of piperidine rings is 1. The van der Waals surface area contributed by atoms with Gasteiger partial charge in [-0.25, -0.2) is 14.4 Å². The summed E-state index contributed by atoms with van der Waals surface area (Å²) in [5, 5.41) is 8.44. The van der Waals surface area contributed by atoms with E-state index in [1.807, 2.05) is 34.7 Å². The summed E-state index contributed by atoms with van der Waals surface area (Å²) >= 11 is 0. The predicted octanol–water partition coefficient (Wildman–Crippen LogP) is 4.73. The van der Waals surface area contributed by atoms with Crippen molar-refractivity contribution in [3.8, 4) is 11.3 Å². The average molecular weight is 431 g/mol. The van der Waals surface area contributed by atoms with Gasteiger partial charge in [-0.2, -0.15) is 9.61 Å². The van der Waals surface area contributed by atoms with Crippen LogP contribution in [0.5, 0.6) is 0 Å². The molecule has 1 aliphatic heterocycles. The number of rotatable bonds is 5. The Morgan fingerprint density at radius 3 is 2.56 bits per heavy atom. The van der Waals surface area contributed by atoms with Crippen molar-refractivity contribution in [2.45, 2.75) is 32.1 Å². The van der Waals surface area contributed by atoms with Crippen LogP contribution in [0.2, 0.25) is 0 Å². The average Bonchev–Trinajstić information content (AvgIpc) is 3.22. The summed E-state index contributed by atoms with van der Waals surface area (Å²) in [7, 11) is 2.00. The van der Waals surface area contributed by atoms with Crippen LogP contribution in [0, 0.1) is 5.82 Å². The molecule has 7 heteroatoms. The van der Waals surface area contributed by atoms with Gasteiger partial charge in [-0.05, 0) is 80.9 Å². The number of imidazole rings is 1. The first-order chi connectivity index (χ1) is 15.6. The molecule has 4 heterocycles. The van der Waals surface area contributed by atoms with E-state index in [1.54, 1.807) is 12.1 Å². The molecular weight excluding hydrogens is 403 g/mol. The minimum absolute atomic E-state index is 0.254. The number of hydrogen-bond donors (Lipinski definition) is 1. The molecule has 0 radical (unpaired) electrons. The van der Waals surface area contributed by atoms with Crippen molar-refractivity contribution in [3.63, 3.8) is 0 Å². The lowest BCUT2D eigenvalue weighted by molar-refractivity contribution is 0.449. The van der Waals surface area contributed by atoms with Crippen LogP contribution in [-0.4, -0.2) is 39.7 Å². The molecule has 0 spiro atoms. The van der Waals surface area contributed by atoms with Crippen molar-refractivity contribution >= 4 is 17.3 Å². The maximum absolute atomic E-state index is 13.3. The lowest BCUT2D eigenvalue weighted by Crippen LogP contribution is -2.27. The molecule has 32 heavy (non-hydrogen) atoms. The normalized spacial score (nSPS) is 14.7. The zero-order valence-electron chi connectivity index (χ0n) is 18.4. The summed E-state index contributed by atoms with van der Waals surface area (Å²) in [5.41, 5.74) is 4.61. The fraction of sp³-hybridized carbons (Fsp3) is 0.320. The number of aryl methyl sites for hydroxylation is 1. The van der Waals surface area contributed by atoms with E-state index >= 15 is 0 Å². The van der Waals surface area contributed by atoms with Crippen LogP contribution in [0.4, 0.5) is 16.0 Å². The summed E-state index contributed by atoms with van der Waals surface area (Å²) < 4.78 is 15.3. The zero-order valence-corrected chi connectivity index (χ0v) is 18.4. The van der Waals surface area contributed by atoms with Gasteiger partial charge in [0.05, 0.1) is 17.1 Å². The highest BCUT2D eigenvalue weighted by Gasteiger charge is 2.22. The highest BCUT2D eigenvalue weighted by molar-refractivity contribution is 5.67. The third kappa shape index (κ3) is 3.84. The largest absolute Gasteiger partial charge is 0.317 e. The minimum atomic E-state index is -0.254. The van der Waals surface area contributed by atoms with Crippen LogP contribution >= 0.6 is 0 Å². The van der Waals surface area contributed by atoms with Crippen LogP contribution in [0.25, 0.3) is 16.9 Å². The van der Waals surface area contributed by atoms with E-state index in [-0.39, 0.29) is 5.82 Å². The molecule has 0 unspecified atom stereocenters. The third-order valence-electron chi connectivity index (χ3n) is 6.17. The highest BCUT2D eigenvalue weighted by Crippen LogP contribution is 2.30. The van der Waals surface area contributed by atoms with Gasteiger partial charge in [0.15, 0.2) is 11.5 Å². The van der Waals surface area contributed by atoms with E-state index in [0.717, 1.165) is 72.3 Å². The number of halogens is 1. The van der Waals surface area contributed by atoms with Crippen molar-refractivity contribution in [1.29, 1.82) is 0 Å². The molecule has 1 fully saturated rings. The first-order valence-electron chi connectivity index (χ1n) is 11.2. The second-order valence-electron chi connectivity index (χ2n) is 8.24. The molecule has 5 rings (SSSR count). The van der Waals surface area contributed by atoms with Gasteiger partial charge in [0.25, 0.3) is 0 Å². The van der Waals surface area contributed by atoms with Crippen molar-refractivity contribution in [2.24, 2.45) is 0 Å². The van der Waals surface area contributed by atoms with Gasteiger partial charge < -0.3 is 10.2 Å². The summed E-state index contributed by atoms with van der Waals surface area (Å²) in [6, 6.07) is 16.5. The predicted molar refractivity (Wildman–Crippen MR) is 125 cm³/mol. The highest BCUT2D eigenvalue weighted by atomic mass is 19.1. The van der Waals surface area contributed by atoms with Gasteiger partial charge in [0.1, 0.15) is 11.6 Å². The fourth-order valence-electron chi connectivity index (χ4n) is 4.39. The van der Waals surface area contributed by atoms with E-state index in [9.17, 15) is 4.39 Å². The molecular formula is C25H27FN6. The van der Waals surface area contributed by atoms with E-state index in [1.165, 1.54) is 12.1 Å². The van der Waals surface area contributed by atoms with Crippen molar-refractivity contribution < 1.29 is 4.39 Å². The Hall–Kier alpha value is -3.32. The Morgan fingerprint density at radius 2 is 1.81 bits per heavy atom. The first kappa shape index (κ1) is 20.6. The van der Waals surface area contributed by atoms with Gasteiger partial charge in [-0.15, -0.1) is 0 Å². The molecule has 0 bridgehead atoms. The van der Waals surface area contributed by atoms with Crippen molar-refractivity contribution in [1.82, 2.24) is 24.9 Å². The van der Waals surface area contributed by atoms with E-state index < -0.39 is 0 Å². The number of aromatic nitrogens is 4. The molecule has 0 aliphatic carbocycles. The maximum atomic E-state index is 13.3. The monoisotopic (exact) mass is 430 g/mol. The van der Waals surface area contributed by atoms with Crippen LogP contribution in [-0.2, 0) is 6.42 Å². The van der Waals surface area contributed by atoms with E-state index in [2.05, 4.69) is 24.4 Å². The first-order valence-corrected chi connectivity index (χ1v) is 11.2. The Labute approximate surface area is 187 Å². The third-order valence-corrected chi connectivity index (χ3v) is 6.17. The van der Waals surface area contributed by atoms with Gasteiger partial charge in [-0.3, -0.25) is 0 Å². The summed E-state index contributed by atoms with van der Waals surface area (Å²) in [5.74, 6) is 1.93. The smallest absolute Gasteiger partial charge is 0.159 e. The van der Waals surface area contributed by atoms with Crippen LogP contribution in [0.1, 0.15) is 37.1 Å². The van der Waals surface area contributed by atoms with Crippen LogP contribution in [0.3, 0.4) is 0 Å². The van der Waals surface area contributed by atoms with Crippen molar-refractivity contribution in [3.05, 3.63) is 71.8 Å². The zero-order chi connectivity index (χ0) is 22.1.